The third-order valence-corrected chi connectivity index (χ3v) is 12.9. The van der Waals surface area contributed by atoms with Gasteiger partial charge in [0.2, 0.25) is 17.8 Å². The molecular weight excluding hydrogens is 1010 g/mol. The number of benzene rings is 5. The Bertz CT molecular complexity index is 3470. The topological polar surface area (TPSA) is 416 Å². The van der Waals surface area contributed by atoms with Crippen LogP contribution < -0.4 is 20.9 Å². The van der Waals surface area contributed by atoms with Crippen molar-refractivity contribution < 1.29 is 81.5 Å². The van der Waals surface area contributed by atoms with E-state index in [1.54, 1.807) is 0 Å². The number of aryl methyl sites for hydroxylation is 1. The zero-order valence-corrected chi connectivity index (χ0v) is 38.3. The predicted octanol–water partition coefficient (Wildman–Crippen LogP) is 5.39. The highest BCUT2D eigenvalue weighted by Gasteiger charge is 2.24. The zero-order valence-electron chi connectivity index (χ0n) is 34.3. The molecule has 0 saturated heterocycles. The van der Waals surface area contributed by atoms with Gasteiger partial charge in [0.25, 0.3) is 46.4 Å². The van der Waals surface area contributed by atoms with Crippen LogP contribution in [0.4, 0.5) is 46.3 Å². The van der Waals surface area contributed by atoms with E-state index in [1.165, 1.54) is 55.3 Å². The minimum Gasteiger partial charge on any atom is -0.506 e. The first-order valence-electron chi connectivity index (χ1n) is 18.3. The van der Waals surface area contributed by atoms with Crippen molar-refractivity contribution in [2.24, 2.45) is 10.2 Å². The van der Waals surface area contributed by atoms with E-state index in [1.807, 2.05) is 0 Å². The summed E-state index contributed by atoms with van der Waals surface area (Å²) in [6.07, 6.45) is 0. The van der Waals surface area contributed by atoms with E-state index in [0.717, 1.165) is 42.5 Å². The summed E-state index contributed by atoms with van der Waals surface area (Å²) in [5.74, 6) is -4.04. The molecule has 68 heavy (non-hydrogen) atoms. The maximum Gasteiger partial charge on any atom is 0.296 e. The van der Waals surface area contributed by atoms with Crippen molar-refractivity contribution in [3.05, 3.63) is 90.0 Å². The van der Waals surface area contributed by atoms with Crippen molar-refractivity contribution in [2.75, 3.05) is 40.2 Å². The van der Waals surface area contributed by atoms with Gasteiger partial charge in [-0.15, -0.1) is 14.6 Å². The Morgan fingerprint density at radius 1 is 0.765 bits per heavy atom. The van der Waals surface area contributed by atoms with Gasteiger partial charge in [0.15, 0.2) is 5.75 Å². The maximum atomic E-state index is 13.9. The fraction of sp³-hybridized carbons (Fsp3) is 0.111. The molecule has 5 aromatic carbocycles. The standard InChI is InChI=1S/C36H33N9O18S5/c1-18-6-8-24(29(12-18)68(59,60)61)43-44-31-28(64-63-62-49)15-20-14-23(67(56,57)58)17-26(30(20)32(31)47)38-33(48)19-4-3-5-21(13-19)37-34-40-35(42-36(41-34)45(2)10-11-65(50,51)52)39-25-16-22(66(53,54)55)7-9-27(25)46/h3-9,12-17,46-47,49H,10-11H2,1-2H3,(H,38,48)(H,50,51,52)(H,53,54,55)(H,56,57,58)(H,59,60,61)(H2,37,39,40,41,42). The molecule has 0 atom stereocenters. The van der Waals surface area contributed by atoms with Crippen LogP contribution in [-0.4, -0.2) is 108 Å². The Hall–Kier alpha value is -6.69. The van der Waals surface area contributed by atoms with Crippen LogP contribution in [0.1, 0.15) is 15.9 Å². The number of hydrogen-bond acceptors (Lipinski definition) is 23. The summed E-state index contributed by atoms with van der Waals surface area (Å²) in [5, 5.41) is 49.7. The van der Waals surface area contributed by atoms with Crippen LogP contribution in [0.25, 0.3) is 10.8 Å². The van der Waals surface area contributed by atoms with Gasteiger partial charge in [0.05, 0.1) is 43.9 Å². The molecule has 0 fully saturated rings. The summed E-state index contributed by atoms with van der Waals surface area (Å²) >= 11 is 0.207. The second kappa shape index (κ2) is 19.9. The molecule has 6 rings (SSSR count). The van der Waals surface area contributed by atoms with Crippen molar-refractivity contribution in [2.45, 2.75) is 26.5 Å². The molecule has 27 nitrogen and oxygen atoms in total. The summed E-state index contributed by atoms with van der Waals surface area (Å²) in [7, 11) is -17.7. The largest absolute Gasteiger partial charge is 0.506 e. The molecule has 0 radical (unpaired) electrons. The molecule has 1 heterocycles. The number of nitrogens with zero attached hydrogens (tertiary/aromatic N) is 6. The highest BCUT2D eigenvalue weighted by molar-refractivity contribution is 7.94. The molecule has 1 aromatic heterocycles. The zero-order chi connectivity index (χ0) is 49.9. The van der Waals surface area contributed by atoms with Crippen molar-refractivity contribution in [3.8, 4) is 11.5 Å². The van der Waals surface area contributed by atoms with Gasteiger partial charge in [-0.25, -0.2) is 5.26 Å². The highest BCUT2D eigenvalue weighted by atomic mass is 32.2. The van der Waals surface area contributed by atoms with Crippen LogP contribution >= 0.6 is 12.0 Å². The Labute approximate surface area is 388 Å². The minimum absolute atomic E-state index is 0.0767. The van der Waals surface area contributed by atoms with E-state index in [9.17, 15) is 66.9 Å². The number of hydrogen-bond donors (Lipinski definition) is 10. The molecule has 0 saturated carbocycles. The van der Waals surface area contributed by atoms with Crippen LogP contribution in [0.15, 0.2) is 109 Å². The predicted molar refractivity (Wildman–Crippen MR) is 240 cm³/mol. The number of carbonyl (C=O) groups is 1. The van der Waals surface area contributed by atoms with Gasteiger partial charge in [-0.1, -0.05) is 17.2 Å². The van der Waals surface area contributed by atoms with E-state index >= 15 is 0 Å². The summed E-state index contributed by atoms with van der Waals surface area (Å²) in [5.41, 5.74) is -1.36. The Morgan fingerprint density at radius 3 is 2.09 bits per heavy atom. The number of anilines is 6. The number of fused-ring (bicyclic) bond motifs is 1. The Kier molecular flexibility index (Phi) is 14.8. The smallest absolute Gasteiger partial charge is 0.296 e. The number of nitrogens with one attached hydrogen (secondary N) is 3. The molecular formula is C36H33N9O18S5. The van der Waals surface area contributed by atoms with Crippen molar-refractivity contribution in [3.63, 3.8) is 0 Å². The molecule has 0 bridgehead atoms. The van der Waals surface area contributed by atoms with E-state index in [0.29, 0.717) is 5.56 Å². The average Bonchev–Trinajstić information content (AvgIpc) is 3.24. The van der Waals surface area contributed by atoms with Crippen molar-refractivity contribution >= 4 is 115 Å². The fourth-order valence-electron chi connectivity index (χ4n) is 5.89. The monoisotopic (exact) mass is 1040 g/mol. The summed E-state index contributed by atoms with van der Waals surface area (Å²) in [6, 6.07) is 14.6. The number of rotatable bonds is 18. The summed E-state index contributed by atoms with van der Waals surface area (Å²) < 4.78 is 139. The molecule has 32 heteroatoms. The molecule has 0 aliphatic heterocycles. The molecule has 6 aromatic rings. The molecule has 360 valence electrons. The first kappa shape index (κ1) is 50.7. The van der Waals surface area contributed by atoms with E-state index in [-0.39, 0.29) is 69.0 Å². The maximum absolute atomic E-state index is 13.9. The average molecular weight is 1040 g/mol. The number of phenols is 2. The lowest BCUT2D eigenvalue weighted by molar-refractivity contribution is -0.432. The van der Waals surface area contributed by atoms with Gasteiger partial charge in [0, 0.05) is 30.2 Å². The number of aromatic hydroxyl groups is 2. The number of azo groups is 1. The second-order valence-corrected chi connectivity index (χ2v) is 20.5. The summed E-state index contributed by atoms with van der Waals surface area (Å²) in [6.45, 7) is 1.17. The first-order chi connectivity index (χ1) is 31.7. The van der Waals surface area contributed by atoms with E-state index < -0.39 is 95.4 Å². The number of amides is 1. The number of carbonyl (C=O) groups excluding carboxylic acids is 1. The highest BCUT2D eigenvalue weighted by Crippen LogP contribution is 2.47. The first-order valence-corrected chi connectivity index (χ1v) is 25.0. The van der Waals surface area contributed by atoms with Crippen LogP contribution in [0, 0.1) is 6.92 Å². The van der Waals surface area contributed by atoms with E-state index in [2.05, 4.69) is 50.5 Å². The molecule has 0 aliphatic rings. The van der Waals surface area contributed by atoms with Gasteiger partial charge in [-0.05, 0) is 84.6 Å². The van der Waals surface area contributed by atoms with Crippen LogP contribution in [-0.2, 0) is 49.8 Å². The second-order valence-electron chi connectivity index (χ2n) is 13.9. The fourth-order valence-corrected chi connectivity index (χ4v) is 8.65. The van der Waals surface area contributed by atoms with Crippen molar-refractivity contribution in [1.29, 1.82) is 0 Å². The normalized spacial score (nSPS) is 12.3. The Balaban J connectivity index is 1.40. The number of aromatic nitrogens is 3. The lowest BCUT2D eigenvalue weighted by Gasteiger charge is -2.18. The van der Waals surface area contributed by atoms with Crippen LogP contribution in [0.5, 0.6) is 11.5 Å². The molecule has 0 unspecified atom stereocenters. The lowest BCUT2D eigenvalue weighted by Crippen LogP contribution is -2.27. The van der Waals surface area contributed by atoms with Gasteiger partial charge < -0.3 is 31.1 Å². The van der Waals surface area contributed by atoms with Gasteiger partial charge >= 0.3 is 0 Å². The Morgan fingerprint density at radius 2 is 1.44 bits per heavy atom. The van der Waals surface area contributed by atoms with Gasteiger partial charge in [0.1, 0.15) is 22.0 Å². The van der Waals surface area contributed by atoms with Crippen molar-refractivity contribution in [1.82, 2.24) is 15.0 Å². The van der Waals surface area contributed by atoms with E-state index in [4.69, 9.17) is 5.26 Å². The third-order valence-electron chi connectivity index (χ3n) is 9.02. The molecule has 10 N–H and O–H groups in total. The van der Waals surface area contributed by atoms with Crippen LogP contribution in [0.3, 0.4) is 0 Å². The quantitative estimate of drug-likeness (QED) is 0.0129. The lowest BCUT2D eigenvalue weighted by atomic mass is 10.1. The molecule has 0 spiro atoms. The van der Waals surface area contributed by atoms with Crippen LogP contribution in [0.2, 0.25) is 0 Å². The van der Waals surface area contributed by atoms with Gasteiger partial charge in [-0.2, -0.15) is 48.6 Å². The molecule has 1 amide bonds. The minimum atomic E-state index is -5.03. The number of phenolic OH excluding ortho intramolecular Hbond substituents is 2. The van der Waals surface area contributed by atoms with Gasteiger partial charge in [-0.3, -0.25) is 23.0 Å². The molecule has 0 aliphatic carbocycles. The summed E-state index contributed by atoms with van der Waals surface area (Å²) in [4.78, 5) is 25.4. The SMILES string of the molecule is Cc1ccc(N=Nc2c(SOOO)cc3cc(S(=O)(=O)O)cc(NC(=O)c4cccc(Nc5nc(Nc6cc(S(=O)(=O)O)ccc6O)nc(N(C)CCS(=O)(=O)O)n5)c4)c3c2O)c(S(=O)(=O)O)c1. The third kappa shape index (κ3) is 12.6.